The van der Waals surface area contributed by atoms with Crippen molar-refractivity contribution in [1.82, 2.24) is 5.32 Å². The molecule has 6 nitrogen and oxygen atoms in total. The second-order valence-electron chi connectivity index (χ2n) is 6.27. The fourth-order valence-electron chi connectivity index (χ4n) is 2.56. The molecule has 2 amide bonds. The molecule has 2 rings (SSSR count). The molecular formula is C22H28N2O4. The number of hydrogen-bond donors (Lipinski definition) is 2. The Hall–Kier alpha value is -2.86. The van der Waals surface area contributed by atoms with Crippen LogP contribution in [0.3, 0.4) is 0 Å². The number of benzene rings is 2. The molecular weight excluding hydrogens is 356 g/mol. The van der Waals surface area contributed by atoms with Crippen molar-refractivity contribution < 1.29 is 19.1 Å². The van der Waals surface area contributed by atoms with Gasteiger partial charge >= 0.3 is 0 Å². The van der Waals surface area contributed by atoms with Crippen LogP contribution in [0.2, 0.25) is 0 Å². The number of likely N-dealkylation sites (N-methyl/N-ethyl adjacent to an activating group) is 1. The largest absolute Gasteiger partial charge is 0.484 e. The Bertz CT molecular complexity index is 734. The number of anilines is 1. The van der Waals surface area contributed by atoms with Gasteiger partial charge in [0.15, 0.2) is 6.61 Å². The maximum absolute atomic E-state index is 12.1. The Morgan fingerprint density at radius 3 is 2.57 bits per heavy atom. The summed E-state index contributed by atoms with van der Waals surface area (Å²) in [6.45, 7) is 3.56. The second-order valence-corrected chi connectivity index (χ2v) is 6.27. The van der Waals surface area contributed by atoms with E-state index in [2.05, 4.69) is 22.8 Å². The number of amides is 2. The zero-order valence-corrected chi connectivity index (χ0v) is 16.3. The van der Waals surface area contributed by atoms with Gasteiger partial charge in [-0.3, -0.25) is 9.59 Å². The summed E-state index contributed by atoms with van der Waals surface area (Å²) < 4.78 is 11.0. The Balaban J connectivity index is 1.61. The molecule has 0 heterocycles. The molecule has 0 bridgehead atoms. The van der Waals surface area contributed by atoms with Crippen molar-refractivity contribution in [2.45, 2.75) is 26.2 Å². The van der Waals surface area contributed by atoms with Crippen LogP contribution in [0.1, 0.15) is 25.3 Å². The molecule has 2 N–H and O–H groups in total. The van der Waals surface area contributed by atoms with Crippen LogP contribution in [0.4, 0.5) is 5.69 Å². The molecule has 28 heavy (non-hydrogen) atoms. The molecule has 0 saturated carbocycles. The molecule has 2 aromatic rings. The molecule has 2 aromatic carbocycles. The Kier molecular flexibility index (Phi) is 9.58. The lowest BCUT2D eigenvalue weighted by Gasteiger charge is -2.09. The van der Waals surface area contributed by atoms with Crippen LogP contribution < -0.4 is 15.4 Å². The fraction of sp³-hybridized carbons (Fsp3) is 0.364. The van der Waals surface area contributed by atoms with E-state index in [1.165, 1.54) is 5.56 Å². The highest BCUT2D eigenvalue weighted by Crippen LogP contribution is 2.17. The van der Waals surface area contributed by atoms with E-state index in [0.717, 1.165) is 6.42 Å². The smallest absolute Gasteiger partial charge is 0.257 e. The third kappa shape index (κ3) is 8.68. The number of rotatable bonds is 12. The molecule has 6 heteroatoms. The highest BCUT2D eigenvalue weighted by molar-refractivity contribution is 5.90. The minimum Gasteiger partial charge on any atom is -0.484 e. The maximum Gasteiger partial charge on any atom is 0.257 e. The molecule has 0 saturated heterocycles. The van der Waals surface area contributed by atoms with E-state index < -0.39 is 0 Å². The topological polar surface area (TPSA) is 76.7 Å². The van der Waals surface area contributed by atoms with Gasteiger partial charge < -0.3 is 20.1 Å². The van der Waals surface area contributed by atoms with Gasteiger partial charge in [0, 0.05) is 31.3 Å². The van der Waals surface area contributed by atoms with Crippen molar-refractivity contribution in [3.63, 3.8) is 0 Å². The summed E-state index contributed by atoms with van der Waals surface area (Å²) in [5, 5.41) is 5.50. The van der Waals surface area contributed by atoms with E-state index in [0.29, 0.717) is 44.0 Å². The third-order valence-electron chi connectivity index (χ3n) is 3.93. The van der Waals surface area contributed by atoms with E-state index in [4.69, 9.17) is 9.47 Å². The van der Waals surface area contributed by atoms with Gasteiger partial charge in [-0.1, -0.05) is 36.4 Å². The number of ether oxygens (including phenoxy) is 2. The van der Waals surface area contributed by atoms with Crippen molar-refractivity contribution in [2.75, 3.05) is 31.7 Å². The van der Waals surface area contributed by atoms with Gasteiger partial charge in [0.2, 0.25) is 5.91 Å². The maximum atomic E-state index is 12.1. The average molecular weight is 384 g/mol. The van der Waals surface area contributed by atoms with E-state index in [1.807, 2.05) is 25.1 Å². The highest BCUT2D eigenvalue weighted by atomic mass is 16.5. The lowest BCUT2D eigenvalue weighted by molar-refractivity contribution is -0.123. The number of carbonyl (C=O) groups excluding carboxylic acids is 2. The van der Waals surface area contributed by atoms with E-state index in [9.17, 15) is 9.59 Å². The molecule has 0 aliphatic carbocycles. The van der Waals surface area contributed by atoms with Crippen LogP contribution in [-0.4, -0.2) is 38.2 Å². The van der Waals surface area contributed by atoms with Gasteiger partial charge in [0.05, 0.1) is 6.61 Å². The van der Waals surface area contributed by atoms with Crippen molar-refractivity contribution in [2.24, 2.45) is 0 Å². The summed E-state index contributed by atoms with van der Waals surface area (Å²) in [6, 6.07) is 17.2. The summed E-state index contributed by atoms with van der Waals surface area (Å²) in [4.78, 5) is 23.5. The van der Waals surface area contributed by atoms with Crippen LogP contribution in [0.25, 0.3) is 0 Å². The fourth-order valence-corrected chi connectivity index (χ4v) is 2.56. The average Bonchev–Trinajstić information content (AvgIpc) is 2.70. The Morgan fingerprint density at radius 1 is 0.964 bits per heavy atom. The summed E-state index contributed by atoms with van der Waals surface area (Å²) in [5.74, 6) is 0.282. The molecule has 0 radical (unpaired) electrons. The zero-order valence-electron chi connectivity index (χ0n) is 16.3. The minimum atomic E-state index is -0.177. The van der Waals surface area contributed by atoms with Crippen LogP contribution in [0.5, 0.6) is 5.75 Å². The first kappa shape index (κ1) is 21.4. The summed E-state index contributed by atoms with van der Waals surface area (Å²) in [5.41, 5.74) is 1.89. The highest BCUT2D eigenvalue weighted by Gasteiger charge is 2.05. The van der Waals surface area contributed by atoms with Crippen LogP contribution in [0, 0.1) is 0 Å². The Morgan fingerprint density at radius 2 is 1.79 bits per heavy atom. The third-order valence-corrected chi connectivity index (χ3v) is 3.93. The summed E-state index contributed by atoms with van der Waals surface area (Å²) >= 11 is 0. The standard InChI is InChI=1S/C22H28N2O4/c1-2-23-22(26)17-28-20-11-6-10-19(16-20)24-21(25)12-7-14-27-15-13-18-8-4-3-5-9-18/h3-6,8-11,16H,2,7,12-15,17H2,1H3,(H,23,26)(H,24,25). The molecule has 0 aliphatic heterocycles. The molecule has 0 unspecified atom stereocenters. The van der Waals surface area contributed by atoms with Gasteiger partial charge in [0.25, 0.3) is 5.91 Å². The first-order valence-corrected chi connectivity index (χ1v) is 9.58. The predicted octanol–water partition coefficient (Wildman–Crippen LogP) is 3.18. The molecule has 150 valence electrons. The van der Waals surface area contributed by atoms with Crippen molar-refractivity contribution in [3.8, 4) is 5.75 Å². The van der Waals surface area contributed by atoms with Crippen LogP contribution >= 0.6 is 0 Å². The van der Waals surface area contributed by atoms with Crippen molar-refractivity contribution in [1.29, 1.82) is 0 Å². The molecule has 0 atom stereocenters. The molecule has 0 fully saturated rings. The van der Waals surface area contributed by atoms with Gasteiger partial charge in [-0.2, -0.15) is 0 Å². The normalized spacial score (nSPS) is 10.3. The summed E-state index contributed by atoms with van der Waals surface area (Å²) in [7, 11) is 0. The molecule has 0 spiro atoms. The Labute approximate surface area is 166 Å². The van der Waals surface area contributed by atoms with E-state index in [1.54, 1.807) is 24.3 Å². The summed E-state index contributed by atoms with van der Waals surface area (Å²) in [6.07, 6.45) is 1.92. The van der Waals surface area contributed by atoms with Crippen LogP contribution in [0.15, 0.2) is 54.6 Å². The van der Waals surface area contributed by atoms with Crippen LogP contribution in [-0.2, 0) is 20.7 Å². The zero-order chi connectivity index (χ0) is 20.0. The van der Waals surface area contributed by atoms with Gasteiger partial charge in [-0.05, 0) is 37.5 Å². The first-order valence-electron chi connectivity index (χ1n) is 9.58. The quantitative estimate of drug-likeness (QED) is 0.551. The lowest BCUT2D eigenvalue weighted by Crippen LogP contribution is -2.28. The molecule has 0 aliphatic rings. The minimum absolute atomic E-state index is 0.0500. The van der Waals surface area contributed by atoms with Gasteiger partial charge in [-0.25, -0.2) is 0 Å². The SMILES string of the molecule is CCNC(=O)COc1cccc(NC(=O)CCCOCCc2ccccc2)c1. The van der Waals surface area contributed by atoms with Crippen molar-refractivity contribution in [3.05, 3.63) is 60.2 Å². The lowest BCUT2D eigenvalue weighted by atomic mass is 10.2. The van der Waals surface area contributed by atoms with Gasteiger partial charge in [0.1, 0.15) is 5.75 Å². The van der Waals surface area contributed by atoms with E-state index >= 15 is 0 Å². The first-order chi connectivity index (χ1) is 13.7. The molecule has 0 aromatic heterocycles. The number of nitrogens with one attached hydrogen (secondary N) is 2. The second kappa shape index (κ2) is 12.5. The monoisotopic (exact) mass is 384 g/mol. The predicted molar refractivity (Wildman–Crippen MR) is 109 cm³/mol. The number of carbonyl (C=O) groups is 2. The van der Waals surface area contributed by atoms with Crippen molar-refractivity contribution >= 4 is 17.5 Å². The van der Waals surface area contributed by atoms with Gasteiger partial charge in [-0.15, -0.1) is 0 Å². The number of hydrogen-bond acceptors (Lipinski definition) is 4. The van der Waals surface area contributed by atoms with E-state index in [-0.39, 0.29) is 18.4 Å².